The van der Waals surface area contributed by atoms with Crippen LogP contribution in [-0.4, -0.2) is 13.6 Å². The second-order valence-corrected chi connectivity index (χ2v) is 3.25. The summed E-state index contributed by atoms with van der Waals surface area (Å²) in [6.07, 6.45) is 9.81. The molecule has 0 saturated carbocycles. The maximum atomic E-state index is 3.64. The SMILES string of the molecule is C=C/C=C/CC(C)CCCNC. The average Bonchev–Trinajstić information content (AvgIpc) is 2.06. The van der Waals surface area contributed by atoms with E-state index in [1.165, 1.54) is 19.3 Å². The molecular formula is C11H21N. The van der Waals surface area contributed by atoms with Crippen LogP contribution in [0.25, 0.3) is 0 Å². The van der Waals surface area contributed by atoms with Crippen molar-refractivity contribution in [3.8, 4) is 0 Å². The summed E-state index contributed by atoms with van der Waals surface area (Å²) < 4.78 is 0. The molecule has 0 aromatic heterocycles. The fourth-order valence-electron chi connectivity index (χ4n) is 1.15. The van der Waals surface area contributed by atoms with E-state index < -0.39 is 0 Å². The highest BCUT2D eigenvalue weighted by Gasteiger charge is 1.97. The maximum absolute atomic E-state index is 3.64. The Hall–Kier alpha value is -0.560. The molecule has 0 heterocycles. The molecule has 1 N–H and O–H groups in total. The largest absolute Gasteiger partial charge is 0.320 e. The zero-order valence-electron chi connectivity index (χ0n) is 8.34. The molecule has 0 radical (unpaired) electrons. The van der Waals surface area contributed by atoms with Crippen LogP contribution in [-0.2, 0) is 0 Å². The molecule has 0 rings (SSSR count). The molecule has 12 heavy (non-hydrogen) atoms. The van der Waals surface area contributed by atoms with Crippen molar-refractivity contribution < 1.29 is 0 Å². The van der Waals surface area contributed by atoms with Crippen molar-refractivity contribution in [3.05, 3.63) is 24.8 Å². The van der Waals surface area contributed by atoms with Gasteiger partial charge in [-0.3, -0.25) is 0 Å². The number of allylic oxidation sites excluding steroid dienone is 3. The van der Waals surface area contributed by atoms with Gasteiger partial charge in [-0.05, 0) is 38.8 Å². The Labute approximate surface area is 76.6 Å². The van der Waals surface area contributed by atoms with Gasteiger partial charge in [0.2, 0.25) is 0 Å². The summed E-state index contributed by atoms with van der Waals surface area (Å²) in [5.74, 6) is 0.801. The van der Waals surface area contributed by atoms with Gasteiger partial charge in [-0.15, -0.1) is 0 Å². The van der Waals surface area contributed by atoms with Crippen LogP contribution in [0.3, 0.4) is 0 Å². The molecule has 1 heteroatoms. The summed E-state index contributed by atoms with van der Waals surface area (Å²) >= 11 is 0. The molecule has 0 aromatic rings. The zero-order valence-corrected chi connectivity index (χ0v) is 8.34. The van der Waals surface area contributed by atoms with Crippen molar-refractivity contribution in [2.45, 2.75) is 26.2 Å². The van der Waals surface area contributed by atoms with Crippen molar-refractivity contribution >= 4 is 0 Å². The number of hydrogen-bond donors (Lipinski definition) is 1. The normalized spacial score (nSPS) is 13.5. The second-order valence-electron chi connectivity index (χ2n) is 3.25. The Kier molecular flexibility index (Phi) is 8.14. The Morgan fingerprint density at radius 1 is 1.50 bits per heavy atom. The first-order chi connectivity index (χ1) is 5.81. The lowest BCUT2D eigenvalue weighted by molar-refractivity contribution is 0.508. The van der Waals surface area contributed by atoms with Crippen molar-refractivity contribution in [1.82, 2.24) is 5.32 Å². The Balaban J connectivity index is 3.26. The van der Waals surface area contributed by atoms with Gasteiger partial charge >= 0.3 is 0 Å². The van der Waals surface area contributed by atoms with E-state index in [-0.39, 0.29) is 0 Å². The number of nitrogens with one attached hydrogen (secondary N) is 1. The van der Waals surface area contributed by atoms with Gasteiger partial charge in [-0.2, -0.15) is 0 Å². The van der Waals surface area contributed by atoms with E-state index in [0.29, 0.717) is 0 Å². The van der Waals surface area contributed by atoms with Gasteiger partial charge < -0.3 is 5.32 Å². The molecule has 1 nitrogen and oxygen atoms in total. The summed E-state index contributed by atoms with van der Waals surface area (Å²) in [4.78, 5) is 0. The smallest absolute Gasteiger partial charge is 0.00518 e. The van der Waals surface area contributed by atoms with E-state index in [1.807, 2.05) is 19.2 Å². The fourth-order valence-corrected chi connectivity index (χ4v) is 1.15. The topological polar surface area (TPSA) is 12.0 Å². The van der Waals surface area contributed by atoms with E-state index in [9.17, 15) is 0 Å². The highest BCUT2D eigenvalue weighted by Crippen LogP contribution is 2.09. The van der Waals surface area contributed by atoms with Crippen molar-refractivity contribution in [2.24, 2.45) is 5.92 Å². The van der Waals surface area contributed by atoms with E-state index in [4.69, 9.17) is 0 Å². The number of hydrogen-bond acceptors (Lipinski definition) is 1. The van der Waals surface area contributed by atoms with Crippen LogP contribution < -0.4 is 5.32 Å². The highest BCUT2D eigenvalue weighted by molar-refractivity contribution is 4.97. The Morgan fingerprint density at radius 2 is 2.25 bits per heavy atom. The molecule has 70 valence electrons. The fraction of sp³-hybridized carbons (Fsp3) is 0.636. The van der Waals surface area contributed by atoms with Gasteiger partial charge in [0, 0.05) is 0 Å². The monoisotopic (exact) mass is 167 g/mol. The van der Waals surface area contributed by atoms with Gasteiger partial charge in [0.25, 0.3) is 0 Å². The van der Waals surface area contributed by atoms with Crippen molar-refractivity contribution in [2.75, 3.05) is 13.6 Å². The molecule has 0 aliphatic carbocycles. The molecule has 0 saturated heterocycles. The lowest BCUT2D eigenvalue weighted by atomic mass is 10.0. The number of rotatable bonds is 7. The summed E-state index contributed by atoms with van der Waals surface area (Å²) in [6, 6.07) is 0. The van der Waals surface area contributed by atoms with Crippen LogP contribution in [0.1, 0.15) is 26.2 Å². The van der Waals surface area contributed by atoms with E-state index in [0.717, 1.165) is 12.5 Å². The minimum Gasteiger partial charge on any atom is -0.320 e. The molecular weight excluding hydrogens is 146 g/mol. The molecule has 0 fully saturated rings. The third kappa shape index (κ3) is 7.55. The summed E-state index contributed by atoms with van der Waals surface area (Å²) in [5, 5.41) is 3.16. The van der Waals surface area contributed by atoms with E-state index in [2.05, 4.69) is 24.9 Å². The van der Waals surface area contributed by atoms with Crippen LogP contribution >= 0.6 is 0 Å². The third-order valence-electron chi connectivity index (χ3n) is 1.93. The molecule has 1 atom stereocenters. The zero-order chi connectivity index (χ0) is 9.23. The standard InChI is InChI=1S/C11H21N/c1-4-5-6-8-11(2)9-7-10-12-3/h4-6,11-12H,1,7-10H2,2-3H3/b6-5+. The second kappa shape index (κ2) is 8.54. The highest BCUT2D eigenvalue weighted by atomic mass is 14.8. The summed E-state index contributed by atoms with van der Waals surface area (Å²) in [5.41, 5.74) is 0. The Bertz CT molecular complexity index is 127. The van der Waals surface area contributed by atoms with Crippen LogP contribution in [0.4, 0.5) is 0 Å². The Morgan fingerprint density at radius 3 is 2.83 bits per heavy atom. The first-order valence-corrected chi connectivity index (χ1v) is 4.73. The van der Waals surface area contributed by atoms with E-state index >= 15 is 0 Å². The van der Waals surface area contributed by atoms with Crippen LogP contribution in [0, 0.1) is 5.92 Å². The lowest BCUT2D eigenvalue weighted by Crippen LogP contribution is -2.08. The summed E-state index contributed by atoms with van der Waals surface area (Å²) in [7, 11) is 2.00. The summed E-state index contributed by atoms with van der Waals surface area (Å²) in [6.45, 7) is 7.07. The minimum absolute atomic E-state index is 0.801. The average molecular weight is 167 g/mol. The molecule has 1 unspecified atom stereocenters. The quantitative estimate of drug-likeness (QED) is 0.454. The third-order valence-corrected chi connectivity index (χ3v) is 1.93. The van der Waals surface area contributed by atoms with Gasteiger partial charge in [0.15, 0.2) is 0 Å². The molecule has 0 spiro atoms. The maximum Gasteiger partial charge on any atom is -0.00518 e. The molecule has 0 amide bonds. The first-order valence-electron chi connectivity index (χ1n) is 4.73. The minimum atomic E-state index is 0.801. The van der Waals surface area contributed by atoms with Crippen LogP contribution in [0.2, 0.25) is 0 Å². The predicted octanol–water partition coefficient (Wildman–Crippen LogP) is 2.75. The lowest BCUT2D eigenvalue weighted by Gasteiger charge is -2.07. The molecule has 0 aliphatic heterocycles. The van der Waals surface area contributed by atoms with Crippen LogP contribution in [0.15, 0.2) is 24.8 Å². The predicted molar refractivity (Wildman–Crippen MR) is 56.3 cm³/mol. The van der Waals surface area contributed by atoms with Gasteiger partial charge in [-0.25, -0.2) is 0 Å². The molecule has 0 bridgehead atoms. The molecule has 0 aliphatic rings. The molecule has 0 aromatic carbocycles. The van der Waals surface area contributed by atoms with E-state index in [1.54, 1.807) is 0 Å². The van der Waals surface area contributed by atoms with Crippen LogP contribution in [0.5, 0.6) is 0 Å². The van der Waals surface area contributed by atoms with Gasteiger partial charge in [0.05, 0.1) is 0 Å². The first kappa shape index (κ1) is 11.4. The van der Waals surface area contributed by atoms with Gasteiger partial charge in [0.1, 0.15) is 0 Å². The van der Waals surface area contributed by atoms with Crippen molar-refractivity contribution in [3.63, 3.8) is 0 Å². The van der Waals surface area contributed by atoms with Gasteiger partial charge in [-0.1, -0.05) is 31.7 Å². The van der Waals surface area contributed by atoms with Crippen molar-refractivity contribution in [1.29, 1.82) is 0 Å².